The lowest BCUT2D eigenvalue weighted by Crippen LogP contribution is -2.30. The molecule has 8 heteroatoms. The van der Waals surface area contributed by atoms with Crippen LogP contribution in [0, 0.1) is 5.92 Å². The number of ether oxygens (including phenoxy) is 2. The third kappa shape index (κ3) is 8.05. The molecule has 0 aromatic rings. The Hall–Kier alpha value is -0.730. The first-order chi connectivity index (χ1) is 10.3. The van der Waals surface area contributed by atoms with Crippen molar-refractivity contribution in [2.24, 2.45) is 5.92 Å². The number of carbonyl (C=O) groups excluding carboxylic acids is 2. The molecule has 1 atom stereocenters. The zero-order valence-electron chi connectivity index (χ0n) is 13.4. The molecule has 0 spiro atoms. The van der Waals surface area contributed by atoms with Crippen molar-refractivity contribution in [2.75, 3.05) is 24.7 Å². The maximum atomic E-state index is 12.0. The van der Waals surface area contributed by atoms with Crippen molar-refractivity contribution in [3.05, 3.63) is 12.2 Å². The molecule has 0 saturated carbocycles. The largest absolute Gasteiger partial charge is 0.462 e. The van der Waals surface area contributed by atoms with Gasteiger partial charge in [-0.25, -0.2) is 4.79 Å². The normalized spacial score (nSPS) is 11.5. The second-order valence-corrected chi connectivity index (χ2v) is 7.29. The van der Waals surface area contributed by atoms with Gasteiger partial charge >= 0.3 is 11.9 Å². The van der Waals surface area contributed by atoms with Crippen molar-refractivity contribution in [2.45, 2.75) is 27.7 Å². The summed E-state index contributed by atoms with van der Waals surface area (Å²) in [5.74, 6) is 0.293. The molecule has 0 aromatic heterocycles. The Morgan fingerprint density at radius 1 is 1.18 bits per heavy atom. The summed E-state index contributed by atoms with van der Waals surface area (Å²) in [6.45, 7) is 10.8. The van der Waals surface area contributed by atoms with Gasteiger partial charge in [-0.2, -0.15) is 0 Å². The molecule has 126 valence electrons. The number of esters is 2. The van der Waals surface area contributed by atoms with Crippen LogP contribution in [0.3, 0.4) is 0 Å². The number of rotatable bonds is 10. The third-order valence-corrected chi connectivity index (χ3v) is 5.08. The Morgan fingerprint density at radius 3 is 2.14 bits per heavy atom. The lowest BCUT2D eigenvalue weighted by Gasteiger charge is -2.24. The molecular formula is C14H23NO4S3. The van der Waals surface area contributed by atoms with Crippen molar-refractivity contribution in [1.82, 2.24) is 3.71 Å². The molecule has 0 saturated heterocycles. The monoisotopic (exact) mass is 365 g/mol. The van der Waals surface area contributed by atoms with E-state index in [0.717, 1.165) is 11.5 Å². The number of nitrogens with zero attached hydrogens (tertiary/aromatic N) is 1. The van der Waals surface area contributed by atoms with Crippen LogP contribution < -0.4 is 0 Å². The van der Waals surface area contributed by atoms with Crippen LogP contribution >= 0.6 is 36.1 Å². The molecule has 0 rings (SSSR count). The van der Waals surface area contributed by atoms with Crippen LogP contribution in [0.25, 0.3) is 0 Å². The van der Waals surface area contributed by atoms with Crippen molar-refractivity contribution in [3.63, 3.8) is 0 Å². The number of hydrogen-bond donors (Lipinski definition) is 0. The zero-order chi connectivity index (χ0) is 17.1. The van der Waals surface area contributed by atoms with Gasteiger partial charge in [0.2, 0.25) is 0 Å². The van der Waals surface area contributed by atoms with Gasteiger partial charge in [-0.05, 0) is 37.7 Å². The molecule has 0 aliphatic rings. The van der Waals surface area contributed by atoms with E-state index in [1.807, 2.05) is 17.6 Å². The summed E-state index contributed by atoms with van der Waals surface area (Å²) in [4.78, 5) is 23.7. The Bertz CT molecular complexity index is 409. The van der Waals surface area contributed by atoms with E-state index < -0.39 is 17.9 Å². The van der Waals surface area contributed by atoms with Crippen LogP contribution in [0.5, 0.6) is 0 Å². The molecule has 5 nitrogen and oxygen atoms in total. The fourth-order valence-electron chi connectivity index (χ4n) is 1.18. The summed E-state index contributed by atoms with van der Waals surface area (Å²) >= 11 is 8.46. The molecule has 0 amide bonds. The zero-order valence-corrected chi connectivity index (χ0v) is 15.9. The van der Waals surface area contributed by atoms with Gasteiger partial charge in [0.25, 0.3) is 0 Å². The number of thiocarbonyl (C=S) groups is 1. The van der Waals surface area contributed by atoms with Crippen molar-refractivity contribution in [1.29, 1.82) is 0 Å². The average Bonchev–Trinajstić information content (AvgIpc) is 2.49. The molecule has 22 heavy (non-hydrogen) atoms. The van der Waals surface area contributed by atoms with Gasteiger partial charge in [-0.1, -0.05) is 32.6 Å². The van der Waals surface area contributed by atoms with Gasteiger partial charge in [-0.3, -0.25) is 8.51 Å². The second-order valence-electron chi connectivity index (χ2n) is 4.24. The Balaban J connectivity index is 4.26. The molecule has 0 N–H and O–H groups in total. The second kappa shape index (κ2) is 11.8. The minimum absolute atomic E-state index is 0.00660. The first-order valence-corrected chi connectivity index (χ1v) is 9.23. The lowest BCUT2D eigenvalue weighted by atomic mass is 10.2. The molecular weight excluding hydrogens is 342 g/mol. The van der Waals surface area contributed by atoms with Crippen LogP contribution in [0.4, 0.5) is 0 Å². The fourth-order valence-corrected chi connectivity index (χ4v) is 3.57. The van der Waals surface area contributed by atoms with Crippen LogP contribution in [-0.2, 0) is 19.1 Å². The fraction of sp³-hybridized carbons (Fsp3) is 0.643. The smallest absolute Gasteiger partial charge is 0.333 e. The highest BCUT2D eigenvalue weighted by Crippen LogP contribution is 2.25. The van der Waals surface area contributed by atoms with Gasteiger partial charge in [0.15, 0.2) is 0 Å². The summed E-state index contributed by atoms with van der Waals surface area (Å²) in [6, 6.07) is 0. The van der Waals surface area contributed by atoms with Gasteiger partial charge in [0, 0.05) is 17.1 Å². The summed E-state index contributed by atoms with van der Waals surface area (Å²) in [6.07, 6.45) is 0. The Kier molecular flexibility index (Phi) is 11.4. The van der Waals surface area contributed by atoms with Gasteiger partial charge in [-0.15, -0.1) is 0 Å². The van der Waals surface area contributed by atoms with Gasteiger partial charge < -0.3 is 9.47 Å². The SMILES string of the molecule is C=C(C)C(=O)OCCOC(=O)C(C)C(=S)N(SCC)SCC. The molecule has 0 aromatic carbocycles. The first-order valence-electron chi connectivity index (χ1n) is 6.94. The maximum absolute atomic E-state index is 12.0. The van der Waals surface area contributed by atoms with Crippen LogP contribution in [0.15, 0.2) is 12.2 Å². The van der Waals surface area contributed by atoms with Crippen molar-refractivity contribution >= 4 is 53.0 Å². The molecule has 0 aliphatic carbocycles. The molecule has 0 heterocycles. The van der Waals surface area contributed by atoms with E-state index in [2.05, 4.69) is 6.58 Å². The molecule has 0 radical (unpaired) electrons. The van der Waals surface area contributed by atoms with Crippen LogP contribution in [0.1, 0.15) is 27.7 Å². The summed E-state index contributed by atoms with van der Waals surface area (Å²) in [7, 11) is 0. The van der Waals surface area contributed by atoms with E-state index in [0.29, 0.717) is 10.6 Å². The third-order valence-electron chi connectivity index (χ3n) is 2.31. The maximum Gasteiger partial charge on any atom is 0.333 e. The molecule has 0 bridgehead atoms. The minimum Gasteiger partial charge on any atom is -0.462 e. The van der Waals surface area contributed by atoms with Gasteiger partial charge in [0.1, 0.15) is 24.1 Å². The lowest BCUT2D eigenvalue weighted by molar-refractivity contribution is -0.151. The predicted octanol–water partition coefficient (Wildman–Crippen LogP) is 3.25. The van der Waals surface area contributed by atoms with E-state index in [4.69, 9.17) is 21.7 Å². The minimum atomic E-state index is -0.523. The average molecular weight is 366 g/mol. The van der Waals surface area contributed by atoms with E-state index in [9.17, 15) is 9.59 Å². The van der Waals surface area contributed by atoms with Crippen LogP contribution in [-0.4, -0.2) is 45.4 Å². The first kappa shape index (κ1) is 21.3. The molecule has 0 aliphatic heterocycles. The quantitative estimate of drug-likeness (QED) is 0.192. The van der Waals surface area contributed by atoms with E-state index in [1.54, 1.807) is 37.7 Å². The summed E-state index contributed by atoms with van der Waals surface area (Å²) in [5, 5.41) is 0. The standard InChI is InChI=1S/C14H23NO4S3/c1-6-21-15(22-7-2)12(20)11(5)14(17)19-9-8-18-13(16)10(3)4/h11H,3,6-9H2,1-2,4-5H3. The van der Waals surface area contributed by atoms with Gasteiger partial charge in [0.05, 0.1) is 0 Å². The van der Waals surface area contributed by atoms with Crippen molar-refractivity contribution in [3.8, 4) is 0 Å². The molecule has 0 fully saturated rings. The molecule has 1 unspecified atom stereocenters. The predicted molar refractivity (Wildman–Crippen MR) is 96.6 cm³/mol. The number of carbonyl (C=O) groups is 2. The topological polar surface area (TPSA) is 55.8 Å². The summed E-state index contributed by atoms with van der Waals surface area (Å²) in [5.41, 5.74) is 0.310. The highest BCUT2D eigenvalue weighted by molar-refractivity contribution is 8.13. The highest BCUT2D eigenvalue weighted by Gasteiger charge is 2.24. The Morgan fingerprint density at radius 2 is 1.68 bits per heavy atom. The van der Waals surface area contributed by atoms with E-state index >= 15 is 0 Å². The Labute approximate surface area is 146 Å². The number of hydrogen-bond acceptors (Lipinski definition) is 7. The highest BCUT2D eigenvalue weighted by atomic mass is 32.2. The van der Waals surface area contributed by atoms with Crippen LogP contribution in [0.2, 0.25) is 0 Å². The van der Waals surface area contributed by atoms with E-state index in [-0.39, 0.29) is 13.2 Å². The van der Waals surface area contributed by atoms with E-state index in [1.165, 1.54) is 0 Å². The summed E-state index contributed by atoms with van der Waals surface area (Å²) < 4.78 is 11.8. The van der Waals surface area contributed by atoms with Crippen molar-refractivity contribution < 1.29 is 19.1 Å².